The summed E-state index contributed by atoms with van der Waals surface area (Å²) in [5.41, 5.74) is 0.971. The summed E-state index contributed by atoms with van der Waals surface area (Å²) in [7, 11) is 0. The number of amides is 1. The van der Waals surface area contributed by atoms with Gasteiger partial charge in [0, 0.05) is 56.9 Å². The summed E-state index contributed by atoms with van der Waals surface area (Å²) in [6.07, 6.45) is 2.23. The number of aromatic nitrogens is 1. The van der Waals surface area contributed by atoms with Gasteiger partial charge in [0.05, 0.1) is 6.54 Å². The van der Waals surface area contributed by atoms with Gasteiger partial charge in [0.25, 0.3) is 0 Å². The third-order valence-electron chi connectivity index (χ3n) is 4.95. The molecule has 0 atom stereocenters. The molecular weight excluding hydrogens is 527 g/mol. The number of carbonyl (C=O) groups excluding carboxylic acids is 1. The van der Waals surface area contributed by atoms with Crippen LogP contribution >= 0.6 is 35.6 Å². The van der Waals surface area contributed by atoms with E-state index in [0.29, 0.717) is 30.5 Å². The minimum Gasteiger partial charge on any atom is -0.357 e. The standard InChI is InChI=1S/C22H29ClN6O.HI/c1-2-24-22(27-17-18-7-3-4-8-19(18)23)26-12-10-21(30)29-15-13-28(14-16-29)20-9-5-6-11-25-20;/h3-9,11H,2,10,12-17H2,1H3,(H2,24,26,27);1H. The number of aliphatic imine (C=N–C) groups is 1. The molecule has 0 unspecified atom stereocenters. The second-order valence-electron chi connectivity index (χ2n) is 7.02. The van der Waals surface area contributed by atoms with Gasteiger partial charge in [-0.1, -0.05) is 35.9 Å². The Morgan fingerprint density at radius 1 is 1.10 bits per heavy atom. The van der Waals surface area contributed by atoms with E-state index in [4.69, 9.17) is 11.6 Å². The Bertz CT molecular complexity index is 843. The first-order valence-corrected chi connectivity index (χ1v) is 10.7. The molecule has 31 heavy (non-hydrogen) atoms. The Morgan fingerprint density at radius 2 is 1.84 bits per heavy atom. The second kappa shape index (κ2) is 13.4. The van der Waals surface area contributed by atoms with Crippen LogP contribution in [0.25, 0.3) is 0 Å². The summed E-state index contributed by atoms with van der Waals surface area (Å²) >= 11 is 6.20. The van der Waals surface area contributed by atoms with E-state index in [9.17, 15) is 4.79 Å². The topological polar surface area (TPSA) is 72.9 Å². The van der Waals surface area contributed by atoms with E-state index in [1.807, 2.05) is 54.3 Å². The molecule has 3 rings (SSSR count). The quantitative estimate of drug-likeness (QED) is 0.312. The number of rotatable bonds is 7. The number of carbonyl (C=O) groups is 1. The van der Waals surface area contributed by atoms with Crippen molar-refractivity contribution in [1.29, 1.82) is 0 Å². The molecule has 168 valence electrons. The molecule has 2 heterocycles. The fourth-order valence-electron chi connectivity index (χ4n) is 3.30. The van der Waals surface area contributed by atoms with Crippen molar-refractivity contribution in [2.75, 3.05) is 44.2 Å². The van der Waals surface area contributed by atoms with Crippen molar-refractivity contribution in [3.63, 3.8) is 0 Å². The van der Waals surface area contributed by atoms with Crippen LogP contribution in [0, 0.1) is 0 Å². The lowest BCUT2D eigenvalue weighted by molar-refractivity contribution is -0.131. The second-order valence-corrected chi connectivity index (χ2v) is 7.43. The first-order chi connectivity index (χ1) is 14.7. The molecule has 2 aromatic rings. The van der Waals surface area contributed by atoms with Gasteiger partial charge in [0.1, 0.15) is 5.82 Å². The van der Waals surface area contributed by atoms with E-state index >= 15 is 0 Å². The lowest BCUT2D eigenvalue weighted by Crippen LogP contribution is -2.49. The van der Waals surface area contributed by atoms with Crippen LogP contribution in [0.3, 0.4) is 0 Å². The van der Waals surface area contributed by atoms with E-state index in [1.165, 1.54) is 0 Å². The Balaban J connectivity index is 0.00000341. The van der Waals surface area contributed by atoms with Gasteiger partial charge in [-0.15, -0.1) is 24.0 Å². The van der Waals surface area contributed by atoms with Gasteiger partial charge in [-0.3, -0.25) is 4.79 Å². The van der Waals surface area contributed by atoms with Crippen LogP contribution < -0.4 is 15.5 Å². The van der Waals surface area contributed by atoms with Crippen molar-refractivity contribution in [1.82, 2.24) is 20.5 Å². The number of hydrogen-bond donors (Lipinski definition) is 2. The molecule has 1 aromatic carbocycles. The Morgan fingerprint density at radius 3 is 2.52 bits per heavy atom. The highest BCUT2D eigenvalue weighted by atomic mass is 127. The molecule has 1 aliphatic rings. The number of nitrogens with one attached hydrogen (secondary N) is 2. The van der Waals surface area contributed by atoms with E-state index in [2.05, 4.69) is 25.5 Å². The van der Waals surface area contributed by atoms with Crippen molar-refractivity contribution < 1.29 is 4.79 Å². The molecule has 0 spiro atoms. The summed E-state index contributed by atoms with van der Waals surface area (Å²) in [4.78, 5) is 25.7. The minimum atomic E-state index is 0. The zero-order valence-electron chi connectivity index (χ0n) is 17.8. The van der Waals surface area contributed by atoms with Crippen LogP contribution in [-0.4, -0.2) is 61.0 Å². The van der Waals surface area contributed by atoms with Crippen molar-refractivity contribution in [3.8, 4) is 0 Å². The van der Waals surface area contributed by atoms with E-state index in [-0.39, 0.29) is 29.9 Å². The van der Waals surface area contributed by atoms with Gasteiger partial charge in [0.2, 0.25) is 5.91 Å². The smallest absolute Gasteiger partial charge is 0.224 e. The Kier molecular flexibility index (Phi) is 10.9. The van der Waals surface area contributed by atoms with E-state index < -0.39 is 0 Å². The summed E-state index contributed by atoms with van der Waals surface area (Å²) in [6.45, 7) is 6.82. The lowest BCUT2D eigenvalue weighted by atomic mass is 10.2. The zero-order chi connectivity index (χ0) is 21.2. The predicted octanol–water partition coefficient (Wildman–Crippen LogP) is 3.15. The van der Waals surface area contributed by atoms with Gasteiger partial charge in [-0.25, -0.2) is 9.98 Å². The SMILES string of the molecule is CCNC(=NCc1ccccc1Cl)NCCC(=O)N1CCN(c2ccccn2)CC1.I. The Labute approximate surface area is 206 Å². The van der Waals surface area contributed by atoms with Crippen molar-refractivity contribution in [2.24, 2.45) is 4.99 Å². The maximum atomic E-state index is 12.6. The average molecular weight is 557 g/mol. The number of anilines is 1. The first kappa shape index (κ1) is 25.2. The summed E-state index contributed by atoms with van der Waals surface area (Å²) < 4.78 is 0. The molecule has 2 N–H and O–H groups in total. The van der Waals surface area contributed by atoms with Crippen LogP contribution in [0.1, 0.15) is 18.9 Å². The number of hydrogen-bond acceptors (Lipinski definition) is 4. The van der Waals surface area contributed by atoms with Crippen molar-refractivity contribution >= 4 is 53.3 Å². The fraction of sp³-hybridized carbons (Fsp3) is 0.409. The maximum absolute atomic E-state index is 12.6. The van der Waals surface area contributed by atoms with Crippen LogP contribution in [0.5, 0.6) is 0 Å². The monoisotopic (exact) mass is 556 g/mol. The van der Waals surface area contributed by atoms with E-state index in [1.54, 1.807) is 6.20 Å². The number of halogens is 2. The van der Waals surface area contributed by atoms with Crippen LogP contribution in [0.15, 0.2) is 53.7 Å². The van der Waals surface area contributed by atoms with Crippen molar-refractivity contribution in [2.45, 2.75) is 19.9 Å². The minimum absolute atomic E-state index is 0. The third kappa shape index (κ3) is 7.84. The molecule has 0 bridgehead atoms. The largest absolute Gasteiger partial charge is 0.357 e. The molecule has 9 heteroatoms. The highest BCUT2D eigenvalue weighted by Crippen LogP contribution is 2.15. The summed E-state index contributed by atoms with van der Waals surface area (Å²) in [5.74, 6) is 1.81. The fourth-order valence-corrected chi connectivity index (χ4v) is 3.50. The van der Waals surface area contributed by atoms with Crippen LogP contribution in [0.4, 0.5) is 5.82 Å². The molecule has 0 aliphatic carbocycles. The molecule has 1 fully saturated rings. The summed E-state index contributed by atoms with van der Waals surface area (Å²) in [6, 6.07) is 13.6. The van der Waals surface area contributed by atoms with Gasteiger partial charge in [-0.05, 0) is 30.7 Å². The third-order valence-corrected chi connectivity index (χ3v) is 5.32. The van der Waals surface area contributed by atoms with E-state index in [0.717, 1.165) is 44.1 Å². The molecule has 7 nitrogen and oxygen atoms in total. The van der Waals surface area contributed by atoms with Crippen molar-refractivity contribution in [3.05, 3.63) is 59.2 Å². The van der Waals surface area contributed by atoms with Gasteiger partial charge in [0.15, 0.2) is 5.96 Å². The van der Waals surface area contributed by atoms with Crippen LogP contribution in [-0.2, 0) is 11.3 Å². The number of benzene rings is 1. The normalized spacial score (nSPS) is 14.1. The number of nitrogens with zero attached hydrogens (tertiary/aromatic N) is 4. The molecule has 1 aliphatic heterocycles. The predicted molar refractivity (Wildman–Crippen MR) is 137 cm³/mol. The highest BCUT2D eigenvalue weighted by molar-refractivity contribution is 14.0. The summed E-state index contributed by atoms with van der Waals surface area (Å²) in [5, 5.41) is 7.16. The Hall–Kier alpha value is -2.07. The molecule has 1 amide bonds. The van der Waals surface area contributed by atoms with Gasteiger partial charge in [-0.2, -0.15) is 0 Å². The molecule has 1 saturated heterocycles. The number of pyridine rings is 1. The molecule has 1 aromatic heterocycles. The number of piperazine rings is 1. The lowest BCUT2D eigenvalue weighted by Gasteiger charge is -2.35. The van der Waals surface area contributed by atoms with Gasteiger partial charge < -0.3 is 20.4 Å². The first-order valence-electron chi connectivity index (χ1n) is 10.4. The van der Waals surface area contributed by atoms with Crippen LogP contribution in [0.2, 0.25) is 5.02 Å². The number of guanidine groups is 1. The maximum Gasteiger partial charge on any atom is 0.224 e. The average Bonchev–Trinajstić information content (AvgIpc) is 2.79. The van der Waals surface area contributed by atoms with Gasteiger partial charge >= 0.3 is 0 Å². The molecule has 0 radical (unpaired) electrons. The molecule has 0 saturated carbocycles. The molecular formula is C22H30ClIN6O. The highest BCUT2D eigenvalue weighted by Gasteiger charge is 2.21. The zero-order valence-corrected chi connectivity index (χ0v) is 20.8.